The Labute approximate surface area is 208 Å². The molecule has 6 rings (SSSR count). The molecule has 1 saturated carbocycles. The minimum atomic E-state index is -0.0382. The molecule has 10 nitrogen and oxygen atoms in total. The highest BCUT2D eigenvalue weighted by Crippen LogP contribution is 2.48. The van der Waals surface area contributed by atoms with Crippen LogP contribution in [0.3, 0.4) is 0 Å². The number of hydrogen-bond acceptors (Lipinski definition) is 8. The summed E-state index contributed by atoms with van der Waals surface area (Å²) in [5.41, 5.74) is 2.81. The van der Waals surface area contributed by atoms with Crippen molar-refractivity contribution < 1.29 is 14.3 Å². The predicted octanol–water partition coefficient (Wildman–Crippen LogP) is 3.68. The molecule has 0 spiro atoms. The maximum atomic E-state index is 12.7. The lowest BCUT2D eigenvalue weighted by Gasteiger charge is -2.38. The first kappa shape index (κ1) is 22.3. The monoisotopic (exact) mass is 485 g/mol. The zero-order valence-electron chi connectivity index (χ0n) is 20.1. The van der Waals surface area contributed by atoms with Crippen molar-refractivity contribution in [2.75, 3.05) is 42.8 Å². The van der Waals surface area contributed by atoms with Gasteiger partial charge in [0.05, 0.1) is 18.7 Å². The van der Waals surface area contributed by atoms with E-state index in [1.165, 1.54) is 0 Å². The number of nitrogens with one attached hydrogen (secondary N) is 3. The SMILES string of the molecule is COc1ccc(NC(=O)C2C[C@H]2c2ccc3c(Nc4cc(N5CC(OC)C5)ncn4)n[nH]c3c2)cc1. The first-order valence-electron chi connectivity index (χ1n) is 11.9. The molecule has 1 saturated heterocycles. The van der Waals surface area contributed by atoms with E-state index in [2.05, 4.69) is 47.8 Å². The van der Waals surface area contributed by atoms with Gasteiger partial charge in [-0.15, -0.1) is 0 Å². The lowest BCUT2D eigenvalue weighted by atomic mass is 10.1. The summed E-state index contributed by atoms with van der Waals surface area (Å²) in [6, 6.07) is 15.5. The van der Waals surface area contributed by atoms with Crippen LogP contribution in [0.1, 0.15) is 17.9 Å². The molecule has 0 radical (unpaired) electrons. The van der Waals surface area contributed by atoms with Gasteiger partial charge in [0.25, 0.3) is 0 Å². The summed E-state index contributed by atoms with van der Waals surface area (Å²) in [6.07, 6.45) is 2.63. The van der Waals surface area contributed by atoms with Gasteiger partial charge in [-0.05, 0) is 54.3 Å². The number of H-pyrrole nitrogens is 1. The molecule has 0 bridgehead atoms. The van der Waals surface area contributed by atoms with Gasteiger partial charge < -0.3 is 25.0 Å². The minimum absolute atomic E-state index is 0.0378. The molecule has 2 fully saturated rings. The number of ether oxygens (including phenoxy) is 2. The van der Waals surface area contributed by atoms with Crippen LogP contribution in [0.5, 0.6) is 5.75 Å². The van der Waals surface area contributed by atoms with Gasteiger partial charge in [-0.1, -0.05) is 6.07 Å². The van der Waals surface area contributed by atoms with E-state index < -0.39 is 0 Å². The third kappa shape index (κ3) is 4.31. The standard InChI is InChI=1S/C26H27N7O3/c1-35-17-6-4-16(5-7-17)29-26(34)21-10-20(21)15-3-8-19-22(9-15)31-32-25(19)30-23-11-24(28-14-27-23)33-12-18(13-33)36-2/h3-9,11,14,18,20-21H,10,12-13H2,1-2H3,(H,29,34)(H2,27,28,30,31,32)/t20-,21?/m0/s1. The Balaban J connectivity index is 1.11. The van der Waals surface area contributed by atoms with Gasteiger partial charge in [-0.25, -0.2) is 9.97 Å². The Morgan fingerprint density at radius 2 is 1.92 bits per heavy atom. The summed E-state index contributed by atoms with van der Waals surface area (Å²) >= 11 is 0. The molecule has 2 aliphatic rings. The van der Waals surface area contributed by atoms with Crippen LogP contribution in [-0.4, -0.2) is 59.5 Å². The molecule has 2 atom stereocenters. The summed E-state index contributed by atoms with van der Waals surface area (Å²) in [4.78, 5) is 23.6. The normalized spacial score (nSPS) is 19.1. The summed E-state index contributed by atoms with van der Waals surface area (Å²) in [5, 5.41) is 14.8. The zero-order valence-corrected chi connectivity index (χ0v) is 20.1. The molecule has 4 aromatic rings. The van der Waals surface area contributed by atoms with E-state index in [0.717, 1.165) is 53.2 Å². The van der Waals surface area contributed by atoms with Crippen LogP contribution in [0.25, 0.3) is 10.9 Å². The third-order valence-electron chi connectivity index (χ3n) is 6.90. The summed E-state index contributed by atoms with van der Waals surface area (Å²) < 4.78 is 10.5. The van der Waals surface area contributed by atoms with E-state index in [4.69, 9.17) is 9.47 Å². The van der Waals surface area contributed by atoms with Gasteiger partial charge in [-0.3, -0.25) is 9.89 Å². The zero-order chi connectivity index (χ0) is 24.6. The van der Waals surface area contributed by atoms with E-state index in [1.807, 2.05) is 36.4 Å². The highest BCUT2D eigenvalue weighted by Gasteiger charge is 2.44. The molecule has 2 aromatic carbocycles. The third-order valence-corrected chi connectivity index (χ3v) is 6.90. The van der Waals surface area contributed by atoms with Crippen molar-refractivity contribution in [1.29, 1.82) is 0 Å². The van der Waals surface area contributed by atoms with Crippen molar-refractivity contribution in [2.24, 2.45) is 5.92 Å². The van der Waals surface area contributed by atoms with Gasteiger partial charge in [0.2, 0.25) is 5.91 Å². The predicted molar refractivity (Wildman–Crippen MR) is 137 cm³/mol. The molecule has 1 amide bonds. The first-order valence-corrected chi connectivity index (χ1v) is 11.9. The van der Waals surface area contributed by atoms with E-state index in [0.29, 0.717) is 11.6 Å². The molecule has 2 aromatic heterocycles. The van der Waals surface area contributed by atoms with Crippen LogP contribution in [0, 0.1) is 5.92 Å². The fourth-order valence-electron chi connectivity index (χ4n) is 4.61. The minimum Gasteiger partial charge on any atom is -0.497 e. The highest BCUT2D eigenvalue weighted by atomic mass is 16.5. The number of benzene rings is 2. The van der Waals surface area contributed by atoms with Crippen LogP contribution >= 0.6 is 0 Å². The van der Waals surface area contributed by atoms with Crippen LogP contribution < -0.4 is 20.3 Å². The molecular formula is C26H27N7O3. The lowest BCUT2D eigenvalue weighted by molar-refractivity contribution is -0.117. The van der Waals surface area contributed by atoms with Crippen molar-refractivity contribution in [1.82, 2.24) is 20.2 Å². The molecule has 3 heterocycles. The van der Waals surface area contributed by atoms with E-state index >= 15 is 0 Å². The maximum Gasteiger partial charge on any atom is 0.228 e. The summed E-state index contributed by atoms with van der Waals surface area (Å²) in [6.45, 7) is 1.64. The van der Waals surface area contributed by atoms with E-state index in [9.17, 15) is 4.79 Å². The van der Waals surface area contributed by atoms with Crippen LogP contribution in [0.15, 0.2) is 54.9 Å². The van der Waals surface area contributed by atoms with Crippen molar-refractivity contribution in [3.05, 3.63) is 60.4 Å². The number of aromatic amines is 1. The molecule has 36 heavy (non-hydrogen) atoms. The largest absolute Gasteiger partial charge is 0.497 e. The molecule has 3 N–H and O–H groups in total. The van der Waals surface area contributed by atoms with Gasteiger partial charge in [-0.2, -0.15) is 5.10 Å². The fraction of sp³-hybridized carbons (Fsp3) is 0.308. The Bertz CT molecular complexity index is 1400. The second kappa shape index (κ2) is 9.12. The molecular weight excluding hydrogens is 458 g/mol. The summed E-state index contributed by atoms with van der Waals surface area (Å²) in [5.74, 6) is 3.19. The highest BCUT2D eigenvalue weighted by molar-refractivity contribution is 5.96. The van der Waals surface area contributed by atoms with Crippen molar-refractivity contribution in [3.63, 3.8) is 0 Å². The van der Waals surface area contributed by atoms with Gasteiger partial charge in [0.15, 0.2) is 5.82 Å². The van der Waals surface area contributed by atoms with Crippen LogP contribution in [0.4, 0.5) is 23.1 Å². The Morgan fingerprint density at radius 3 is 2.69 bits per heavy atom. The van der Waals surface area contributed by atoms with E-state index in [-0.39, 0.29) is 23.8 Å². The van der Waals surface area contributed by atoms with Crippen molar-refractivity contribution in [3.8, 4) is 5.75 Å². The second-order valence-electron chi connectivity index (χ2n) is 9.19. The number of amides is 1. The van der Waals surface area contributed by atoms with Crippen molar-refractivity contribution >= 4 is 40.0 Å². The van der Waals surface area contributed by atoms with Crippen LogP contribution in [-0.2, 0) is 9.53 Å². The van der Waals surface area contributed by atoms with Crippen LogP contribution in [0.2, 0.25) is 0 Å². The Morgan fingerprint density at radius 1 is 1.08 bits per heavy atom. The number of anilines is 4. The number of nitrogens with zero attached hydrogens (tertiary/aromatic N) is 4. The first-order chi connectivity index (χ1) is 17.6. The smallest absolute Gasteiger partial charge is 0.228 e. The molecule has 1 aliphatic carbocycles. The van der Waals surface area contributed by atoms with Crippen molar-refractivity contribution in [2.45, 2.75) is 18.4 Å². The lowest BCUT2D eigenvalue weighted by Crippen LogP contribution is -2.52. The van der Waals surface area contributed by atoms with Gasteiger partial charge >= 0.3 is 0 Å². The molecule has 184 valence electrons. The Hall–Kier alpha value is -4.18. The average Bonchev–Trinajstić information content (AvgIpc) is 3.59. The topological polar surface area (TPSA) is 117 Å². The number of methoxy groups -OCH3 is 2. The molecule has 10 heteroatoms. The number of aromatic nitrogens is 4. The number of carbonyl (C=O) groups is 1. The Kier molecular flexibility index (Phi) is 5.65. The maximum absolute atomic E-state index is 12.7. The fourth-order valence-corrected chi connectivity index (χ4v) is 4.61. The average molecular weight is 486 g/mol. The molecule has 1 unspecified atom stereocenters. The quantitative estimate of drug-likeness (QED) is 0.346. The number of hydrogen-bond donors (Lipinski definition) is 3. The number of rotatable bonds is 8. The summed E-state index contributed by atoms with van der Waals surface area (Å²) in [7, 11) is 3.35. The molecule has 1 aliphatic heterocycles. The number of fused-ring (bicyclic) bond motifs is 1. The second-order valence-corrected chi connectivity index (χ2v) is 9.19. The van der Waals surface area contributed by atoms with Gasteiger partial charge in [0, 0.05) is 43.3 Å². The number of carbonyl (C=O) groups excluding carboxylic acids is 1. The van der Waals surface area contributed by atoms with Gasteiger partial charge in [0.1, 0.15) is 23.7 Å². The van der Waals surface area contributed by atoms with E-state index in [1.54, 1.807) is 20.5 Å².